The molecule has 0 aliphatic carbocycles. The monoisotopic (exact) mass is 368 g/mol. The Kier molecular flexibility index (Phi) is 4.81. The number of aromatic nitrogens is 4. The van der Waals surface area contributed by atoms with Gasteiger partial charge in [0.25, 0.3) is 0 Å². The minimum absolute atomic E-state index is 0.138. The van der Waals surface area contributed by atoms with Crippen molar-refractivity contribution in [2.75, 3.05) is 25.0 Å². The minimum atomic E-state index is -0.742. The quantitative estimate of drug-likeness (QED) is 0.765. The molecule has 1 aliphatic rings. The molecule has 1 amide bonds. The highest BCUT2D eigenvalue weighted by Gasteiger charge is 2.20. The Morgan fingerprint density at radius 1 is 1.19 bits per heavy atom. The van der Waals surface area contributed by atoms with Gasteiger partial charge in [-0.25, -0.2) is 9.37 Å². The van der Waals surface area contributed by atoms with Gasteiger partial charge >= 0.3 is 0 Å². The molecule has 0 bridgehead atoms. The van der Waals surface area contributed by atoms with Crippen LogP contribution in [0.25, 0.3) is 22.0 Å². The predicted molar refractivity (Wildman–Crippen MR) is 101 cm³/mol. The van der Waals surface area contributed by atoms with Crippen LogP contribution in [0, 0.1) is 0 Å². The molecule has 1 N–H and O–H groups in total. The van der Waals surface area contributed by atoms with Gasteiger partial charge in [-0.2, -0.15) is 5.10 Å². The summed E-state index contributed by atoms with van der Waals surface area (Å²) in [5.74, 6) is 0.358. The van der Waals surface area contributed by atoms with Crippen LogP contribution in [0.15, 0.2) is 36.9 Å². The van der Waals surface area contributed by atoms with Crippen LogP contribution in [0.5, 0.6) is 0 Å². The number of alkyl halides is 1. The van der Waals surface area contributed by atoms with Crippen molar-refractivity contribution in [2.45, 2.75) is 19.0 Å². The zero-order chi connectivity index (χ0) is 18.8. The van der Waals surface area contributed by atoms with Crippen LogP contribution in [-0.2, 0) is 11.8 Å². The van der Waals surface area contributed by atoms with Gasteiger partial charge in [0.05, 0.1) is 18.4 Å². The normalized spacial score (nSPS) is 15.9. The fraction of sp³-hybridized carbons (Fsp3) is 0.368. The van der Waals surface area contributed by atoms with E-state index in [2.05, 4.69) is 20.4 Å². The average Bonchev–Trinajstić information content (AvgIpc) is 3.09. The van der Waals surface area contributed by atoms with Crippen LogP contribution < -0.4 is 5.32 Å². The topological polar surface area (TPSA) is 75.9 Å². The fourth-order valence-electron chi connectivity index (χ4n) is 3.26. The van der Waals surface area contributed by atoms with Gasteiger partial charge in [-0.05, 0) is 30.4 Å². The first-order valence-corrected chi connectivity index (χ1v) is 8.98. The third-order valence-electron chi connectivity index (χ3n) is 4.76. The summed E-state index contributed by atoms with van der Waals surface area (Å²) < 4.78 is 14.9. The van der Waals surface area contributed by atoms with Gasteiger partial charge in [0, 0.05) is 49.7 Å². The molecule has 3 aromatic heterocycles. The molecule has 3 aromatic rings. The number of aryl methyl sites for hydroxylation is 1. The highest BCUT2D eigenvalue weighted by molar-refractivity contribution is 5.94. The average molecular weight is 368 g/mol. The summed E-state index contributed by atoms with van der Waals surface area (Å²) in [5, 5.41) is 8.83. The Morgan fingerprint density at radius 2 is 1.96 bits per heavy atom. The number of nitrogens with one attached hydrogen (secondary N) is 1. The van der Waals surface area contributed by atoms with Crippen LogP contribution >= 0.6 is 0 Å². The van der Waals surface area contributed by atoms with E-state index in [1.165, 1.54) is 0 Å². The number of carbonyl (C=O) groups excluding carboxylic acids is 1. The highest BCUT2D eigenvalue weighted by atomic mass is 19.1. The molecule has 27 heavy (non-hydrogen) atoms. The van der Waals surface area contributed by atoms with Gasteiger partial charge in [0.15, 0.2) is 0 Å². The van der Waals surface area contributed by atoms with Gasteiger partial charge in [0.1, 0.15) is 12.0 Å². The summed E-state index contributed by atoms with van der Waals surface area (Å²) in [6.45, 7) is 1.48. The maximum atomic E-state index is 13.2. The predicted octanol–water partition coefficient (Wildman–Crippen LogP) is 2.40. The molecule has 0 atom stereocenters. The molecule has 0 aromatic carbocycles. The largest absolute Gasteiger partial charge is 0.310 e. The lowest BCUT2D eigenvalue weighted by Crippen LogP contribution is -2.39. The first kappa shape index (κ1) is 17.5. The first-order valence-electron chi connectivity index (χ1n) is 8.98. The molecule has 7 nitrogen and oxygen atoms in total. The van der Waals surface area contributed by atoms with Crippen molar-refractivity contribution in [3.05, 3.63) is 36.9 Å². The summed E-state index contributed by atoms with van der Waals surface area (Å²) in [6.07, 6.45) is 7.36. The maximum absolute atomic E-state index is 13.2. The first-order chi connectivity index (χ1) is 13.1. The Hall–Kier alpha value is -2.87. The number of rotatable bonds is 4. The van der Waals surface area contributed by atoms with E-state index < -0.39 is 6.17 Å². The second kappa shape index (κ2) is 7.40. The highest BCUT2D eigenvalue weighted by Crippen LogP contribution is 2.23. The molecule has 0 spiro atoms. The Labute approximate surface area is 156 Å². The number of anilines is 1. The zero-order valence-electron chi connectivity index (χ0n) is 15.1. The van der Waals surface area contributed by atoms with Crippen molar-refractivity contribution in [1.29, 1.82) is 0 Å². The van der Waals surface area contributed by atoms with Crippen molar-refractivity contribution in [2.24, 2.45) is 7.05 Å². The molecule has 1 aliphatic heterocycles. The molecule has 8 heteroatoms. The molecule has 0 saturated carbocycles. The van der Waals surface area contributed by atoms with Gasteiger partial charge in [-0.15, -0.1) is 0 Å². The summed E-state index contributed by atoms with van der Waals surface area (Å²) in [6, 6.07) is 3.79. The van der Waals surface area contributed by atoms with E-state index in [0.29, 0.717) is 31.7 Å². The van der Waals surface area contributed by atoms with Crippen molar-refractivity contribution < 1.29 is 9.18 Å². The number of halogens is 1. The van der Waals surface area contributed by atoms with Crippen molar-refractivity contribution in [3.8, 4) is 11.3 Å². The van der Waals surface area contributed by atoms with E-state index in [1.807, 2.05) is 30.3 Å². The molecule has 1 saturated heterocycles. The van der Waals surface area contributed by atoms with E-state index >= 15 is 0 Å². The van der Waals surface area contributed by atoms with E-state index in [9.17, 15) is 9.18 Å². The number of amides is 1. The van der Waals surface area contributed by atoms with Gasteiger partial charge < -0.3 is 5.32 Å². The third kappa shape index (κ3) is 4.11. The molecule has 4 rings (SSSR count). The lowest BCUT2D eigenvalue weighted by Gasteiger charge is -2.27. The summed E-state index contributed by atoms with van der Waals surface area (Å²) in [5.41, 5.74) is 1.74. The maximum Gasteiger partial charge on any atom is 0.239 e. The van der Waals surface area contributed by atoms with Gasteiger partial charge in [0.2, 0.25) is 5.91 Å². The van der Waals surface area contributed by atoms with Crippen molar-refractivity contribution in [1.82, 2.24) is 24.6 Å². The Bertz CT molecular complexity index is 964. The SMILES string of the molecule is Cn1cc(-c2cc3cc(NC(=O)CN4CCC(F)CC4)ncc3cn2)cn1. The van der Waals surface area contributed by atoms with Gasteiger partial charge in [-0.1, -0.05) is 0 Å². The van der Waals surface area contributed by atoms with Gasteiger partial charge in [-0.3, -0.25) is 19.4 Å². The molecule has 0 unspecified atom stereocenters. The number of fused-ring (bicyclic) bond motifs is 1. The van der Waals surface area contributed by atoms with Crippen LogP contribution in [0.1, 0.15) is 12.8 Å². The standard InChI is InChI=1S/C19H21FN6O/c1-25-11-15(10-23-25)17-6-13-7-18(22-9-14(13)8-21-17)24-19(27)12-26-4-2-16(20)3-5-26/h6-11,16H,2-5,12H2,1H3,(H,22,24,27). The van der Waals surface area contributed by atoms with Crippen LogP contribution in [0.2, 0.25) is 0 Å². The summed E-state index contributed by atoms with van der Waals surface area (Å²) in [4.78, 5) is 23.0. The van der Waals surface area contributed by atoms with E-state index in [-0.39, 0.29) is 12.5 Å². The minimum Gasteiger partial charge on any atom is -0.310 e. The molecular formula is C19H21FN6O. The Morgan fingerprint density at radius 3 is 2.70 bits per heavy atom. The fourth-order valence-corrected chi connectivity index (χ4v) is 3.26. The molecule has 1 fully saturated rings. The molecular weight excluding hydrogens is 347 g/mol. The summed E-state index contributed by atoms with van der Waals surface area (Å²) in [7, 11) is 1.86. The van der Waals surface area contributed by atoms with E-state index in [1.54, 1.807) is 23.3 Å². The van der Waals surface area contributed by atoms with E-state index in [4.69, 9.17) is 0 Å². The lowest BCUT2D eigenvalue weighted by atomic mass is 10.1. The van der Waals surface area contributed by atoms with Crippen molar-refractivity contribution in [3.63, 3.8) is 0 Å². The van der Waals surface area contributed by atoms with Crippen LogP contribution in [-0.4, -0.2) is 56.4 Å². The number of pyridine rings is 2. The third-order valence-corrected chi connectivity index (χ3v) is 4.76. The smallest absolute Gasteiger partial charge is 0.239 e. The number of hydrogen-bond donors (Lipinski definition) is 1. The number of hydrogen-bond acceptors (Lipinski definition) is 5. The van der Waals surface area contributed by atoms with E-state index in [0.717, 1.165) is 22.0 Å². The number of carbonyl (C=O) groups is 1. The van der Waals surface area contributed by atoms with Crippen LogP contribution in [0.4, 0.5) is 10.2 Å². The molecule has 0 radical (unpaired) electrons. The van der Waals surface area contributed by atoms with Crippen LogP contribution in [0.3, 0.4) is 0 Å². The zero-order valence-corrected chi connectivity index (χ0v) is 15.1. The second-order valence-electron chi connectivity index (χ2n) is 6.89. The number of likely N-dealkylation sites (tertiary alicyclic amines) is 1. The Balaban J connectivity index is 1.48. The van der Waals surface area contributed by atoms with Crippen molar-refractivity contribution >= 4 is 22.5 Å². The number of nitrogens with zero attached hydrogens (tertiary/aromatic N) is 5. The lowest BCUT2D eigenvalue weighted by molar-refractivity contribution is -0.117. The second-order valence-corrected chi connectivity index (χ2v) is 6.89. The molecule has 140 valence electrons. The number of piperidine rings is 1. The molecule has 4 heterocycles. The summed E-state index contributed by atoms with van der Waals surface area (Å²) >= 11 is 0.